The van der Waals surface area contributed by atoms with Crippen molar-refractivity contribution in [1.29, 1.82) is 5.26 Å². The lowest BCUT2D eigenvalue weighted by Crippen LogP contribution is -2.40. The maximum absolute atomic E-state index is 12.3. The molecule has 1 atom stereocenters. The molecule has 2 N–H and O–H groups in total. The van der Waals surface area contributed by atoms with Crippen molar-refractivity contribution in [3.8, 4) is 6.07 Å². The summed E-state index contributed by atoms with van der Waals surface area (Å²) >= 11 is 0. The molecule has 0 aliphatic heterocycles. The molecule has 0 radical (unpaired) electrons. The van der Waals surface area contributed by atoms with Gasteiger partial charge in [0.2, 0.25) is 5.91 Å². The average molecular weight is 302 g/mol. The minimum Gasteiger partial charge on any atom is -0.359 e. The van der Waals surface area contributed by atoms with Crippen molar-refractivity contribution in [2.45, 2.75) is 32.7 Å². The van der Waals surface area contributed by atoms with E-state index in [0.717, 1.165) is 5.56 Å². The molecule has 1 aromatic carbocycles. The van der Waals surface area contributed by atoms with E-state index in [1.807, 2.05) is 13.8 Å². The van der Waals surface area contributed by atoms with Crippen LogP contribution in [0.5, 0.6) is 0 Å². The van der Waals surface area contributed by atoms with Crippen LogP contribution in [0.2, 0.25) is 0 Å². The van der Waals surface area contributed by atoms with Crippen molar-refractivity contribution < 1.29 is 9.59 Å². The highest BCUT2D eigenvalue weighted by Gasteiger charge is 2.19. The van der Waals surface area contributed by atoms with E-state index < -0.39 is 0 Å². The summed E-state index contributed by atoms with van der Waals surface area (Å²) in [5.74, 6) is -0.111. The third-order valence-electron chi connectivity index (χ3n) is 3.60. The van der Waals surface area contributed by atoms with Crippen molar-refractivity contribution >= 4 is 17.6 Å². The maximum Gasteiger partial charge on any atom is 0.321 e. The summed E-state index contributed by atoms with van der Waals surface area (Å²) in [7, 11) is 3.22. The molecule has 0 aliphatic carbocycles. The highest BCUT2D eigenvalue weighted by atomic mass is 16.2. The third kappa shape index (κ3) is 4.48. The fourth-order valence-corrected chi connectivity index (χ4v) is 1.99. The molecule has 1 rings (SSSR count). The van der Waals surface area contributed by atoms with E-state index in [-0.39, 0.29) is 24.4 Å². The number of carbonyl (C=O) groups is 2. The zero-order chi connectivity index (χ0) is 16.7. The lowest BCUT2D eigenvalue weighted by atomic mass is 10.1. The predicted molar refractivity (Wildman–Crippen MR) is 85.5 cm³/mol. The maximum atomic E-state index is 12.3. The van der Waals surface area contributed by atoms with E-state index >= 15 is 0 Å². The summed E-state index contributed by atoms with van der Waals surface area (Å²) in [6, 6.07) is 6.75. The topological polar surface area (TPSA) is 85.2 Å². The SMILES string of the molecule is CCc1cc(C#N)ccc1NC(=O)N(C)[C@@H](C)CC(=O)NC. The fourth-order valence-electron chi connectivity index (χ4n) is 1.99. The van der Waals surface area contributed by atoms with E-state index in [1.165, 1.54) is 4.90 Å². The van der Waals surface area contributed by atoms with Crippen LogP contribution >= 0.6 is 0 Å². The van der Waals surface area contributed by atoms with Gasteiger partial charge in [-0.3, -0.25) is 4.79 Å². The van der Waals surface area contributed by atoms with Gasteiger partial charge in [-0.05, 0) is 37.1 Å². The molecule has 22 heavy (non-hydrogen) atoms. The van der Waals surface area contributed by atoms with Gasteiger partial charge in [-0.2, -0.15) is 5.26 Å². The number of rotatable bonds is 5. The Kier molecular flexibility index (Phi) is 6.39. The normalized spacial score (nSPS) is 11.2. The summed E-state index contributed by atoms with van der Waals surface area (Å²) in [5, 5.41) is 14.3. The molecule has 0 saturated heterocycles. The second kappa shape index (κ2) is 8.03. The van der Waals surface area contributed by atoms with Crippen LogP contribution in [0.3, 0.4) is 0 Å². The van der Waals surface area contributed by atoms with Crippen LogP contribution in [0.15, 0.2) is 18.2 Å². The molecule has 0 unspecified atom stereocenters. The Labute approximate surface area is 131 Å². The zero-order valence-corrected chi connectivity index (χ0v) is 13.4. The number of urea groups is 1. The molecule has 0 bridgehead atoms. The first-order valence-corrected chi connectivity index (χ1v) is 7.20. The van der Waals surface area contributed by atoms with Crippen LogP contribution in [0, 0.1) is 11.3 Å². The number of hydrogen-bond acceptors (Lipinski definition) is 3. The molecular formula is C16H22N4O2. The van der Waals surface area contributed by atoms with Crippen molar-refractivity contribution in [2.75, 3.05) is 19.4 Å². The molecule has 6 heteroatoms. The average Bonchev–Trinajstić information content (AvgIpc) is 2.53. The summed E-state index contributed by atoms with van der Waals surface area (Å²) in [6.45, 7) is 3.78. The lowest BCUT2D eigenvalue weighted by molar-refractivity contribution is -0.121. The van der Waals surface area contributed by atoms with Gasteiger partial charge >= 0.3 is 6.03 Å². The first kappa shape index (κ1) is 17.5. The molecule has 0 aliphatic rings. The number of benzene rings is 1. The number of hydrogen-bond donors (Lipinski definition) is 2. The fraction of sp³-hybridized carbons (Fsp3) is 0.438. The van der Waals surface area contributed by atoms with Gasteiger partial charge in [0.15, 0.2) is 0 Å². The molecule has 118 valence electrons. The summed E-state index contributed by atoms with van der Waals surface area (Å²) in [6.07, 6.45) is 0.955. The molecule has 0 heterocycles. The van der Waals surface area contributed by atoms with Gasteiger partial charge in [-0.15, -0.1) is 0 Å². The first-order chi connectivity index (χ1) is 10.4. The Morgan fingerprint density at radius 1 is 1.41 bits per heavy atom. The quantitative estimate of drug-likeness (QED) is 0.873. The third-order valence-corrected chi connectivity index (χ3v) is 3.60. The van der Waals surface area contributed by atoms with Gasteiger partial charge in [0.05, 0.1) is 11.6 Å². The van der Waals surface area contributed by atoms with Gasteiger partial charge in [0.1, 0.15) is 0 Å². The van der Waals surface area contributed by atoms with Gasteiger partial charge in [0.25, 0.3) is 0 Å². The van der Waals surface area contributed by atoms with Crippen molar-refractivity contribution in [1.82, 2.24) is 10.2 Å². The molecule has 0 fully saturated rings. The highest BCUT2D eigenvalue weighted by molar-refractivity contribution is 5.90. The van der Waals surface area contributed by atoms with E-state index in [4.69, 9.17) is 5.26 Å². The number of anilines is 1. The van der Waals surface area contributed by atoms with Crippen LogP contribution in [-0.4, -0.2) is 37.0 Å². The smallest absolute Gasteiger partial charge is 0.321 e. The van der Waals surface area contributed by atoms with Crippen molar-refractivity contribution in [3.05, 3.63) is 29.3 Å². The second-order valence-corrected chi connectivity index (χ2v) is 5.10. The Balaban J connectivity index is 2.80. The molecule has 1 aromatic rings. The Hall–Kier alpha value is -2.55. The molecule has 3 amide bonds. The van der Waals surface area contributed by atoms with Gasteiger partial charge in [-0.25, -0.2) is 4.79 Å². The van der Waals surface area contributed by atoms with E-state index in [1.54, 1.807) is 32.3 Å². The first-order valence-electron chi connectivity index (χ1n) is 7.20. The van der Waals surface area contributed by atoms with Crippen LogP contribution in [0.25, 0.3) is 0 Å². The Morgan fingerprint density at radius 2 is 2.09 bits per heavy atom. The highest BCUT2D eigenvalue weighted by Crippen LogP contribution is 2.19. The van der Waals surface area contributed by atoms with Crippen molar-refractivity contribution in [2.24, 2.45) is 0 Å². The minimum atomic E-state index is -0.282. The zero-order valence-electron chi connectivity index (χ0n) is 13.4. The number of nitrogens with zero attached hydrogens (tertiary/aromatic N) is 2. The van der Waals surface area contributed by atoms with E-state index in [2.05, 4.69) is 16.7 Å². The summed E-state index contributed by atoms with van der Waals surface area (Å²) < 4.78 is 0. The molecule has 0 spiro atoms. The van der Waals surface area contributed by atoms with Crippen molar-refractivity contribution in [3.63, 3.8) is 0 Å². The minimum absolute atomic E-state index is 0.111. The number of carbonyl (C=O) groups excluding carboxylic acids is 2. The molecule has 0 saturated carbocycles. The van der Waals surface area contributed by atoms with E-state index in [0.29, 0.717) is 17.7 Å². The summed E-state index contributed by atoms with van der Waals surface area (Å²) in [4.78, 5) is 25.1. The standard InChI is InChI=1S/C16H22N4O2/c1-5-13-9-12(10-17)6-7-14(13)19-16(22)20(4)11(2)8-15(21)18-3/h6-7,9,11H,5,8H2,1-4H3,(H,18,21)(H,19,22)/t11-/m0/s1. The van der Waals surface area contributed by atoms with Gasteiger partial charge in [-0.1, -0.05) is 6.92 Å². The Morgan fingerprint density at radius 3 is 2.64 bits per heavy atom. The van der Waals surface area contributed by atoms with Crippen LogP contribution < -0.4 is 10.6 Å². The molecule has 6 nitrogen and oxygen atoms in total. The number of amides is 3. The largest absolute Gasteiger partial charge is 0.359 e. The monoisotopic (exact) mass is 302 g/mol. The second-order valence-electron chi connectivity index (χ2n) is 5.10. The molecule has 0 aromatic heterocycles. The predicted octanol–water partition coefficient (Wildman–Crippen LogP) is 2.11. The molecular weight excluding hydrogens is 280 g/mol. The van der Waals surface area contributed by atoms with Gasteiger partial charge in [0, 0.05) is 32.2 Å². The Bertz CT molecular complexity index is 592. The van der Waals surface area contributed by atoms with Gasteiger partial charge < -0.3 is 15.5 Å². The van der Waals surface area contributed by atoms with Crippen LogP contribution in [0.1, 0.15) is 31.4 Å². The lowest BCUT2D eigenvalue weighted by Gasteiger charge is -2.25. The number of nitrogens with one attached hydrogen (secondary N) is 2. The van der Waals surface area contributed by atoms with Crippen LogP contribution in [-0.2, 0) is 11.2 Å². The van der Waals surface area contributed by atoms with E-state index in [9.17, 15) is 9.59 Å². The summed E-state index contributed by atoms with van der Waals surface area (Å²) in [5.41, 5.74) is 2.15. The van der Waals surface area contributed by atoms with Crippen LogP contribution in [0.4, 0.5) is 10.5 Å². The number of nitriles is 1. The number of aryl methyl sites for hydroxylation is 1.